The van der Waals surface area contributed by atoms with Gasteiger partial charge < -0.3 is 9.47 Å². The lowest BCUT2D eigenvalue weighted by molar-refractivity contribution is -0.122. The predicted octanol–water partition coefficient (Wildman–Crippen LogP) is 4.85. The van der Waals surface area contributed by atoms with Crippen LogP contribution in [0.4, 0.5) is 9.18 Å². The van der Waals surface area contributed by atoms with Gasteiger partial charge in [-0.1, -0.05) is 40.0 Å². The number of hydrogen-bond donors (Lipinski definition) is 0. The molecule has 0 radical (unpaired) electrons. The Morgan fingerprint density at radius 1 is 1.28 bits per heavy atom. The van der Waals surface area contributed by atoms with E-state index in [1.165, 1.54) is 13.2 Å². The van der Waals surface area contributed by atoms with Gasteiger partial charge in [0.2, 0.25) is 0 Å². The molecule has 1 aliphatic heterocycles. The van der Waals surface area contributed by atoms with Crippen LogP contribution in [-0.2, 0) is 11.4 Å². The fraction of sp³-hybridized carbons (Fsp3) is 0.143. The summed E-state index contributed by atoms with van der Waals surface area (Å²) in [5, 5.41) is -0.410. The summed E-state index contributed by atoms with van der Waals surface area (Å²) >= 11 is 4.25. The largest absolute Gasteiger partial charge is 0.493 e. The minimum absolute atomic E-state index is 0.0276. The highest BCUT2D eigenvalue weighted by molar-refractivity contribution is 9.10. The van der Waals surface area contributed by atoms with Crippen molar-refractivity contribution < 1.29 is 23.5 Å². The van der Waals surface area contributed by atoms with E-state index >= 15 is 0 Å². The Morgan fingerprint density at radius 3 is 2.72 bits per heavy atom. The Labute approximate surface area is 180 Å². The van der Waals surface area contributed by atoms with E-state index in [9.17, 15) is 14.0 Å². The van der Waals surface area contributed by atoms with E-state index in [0.717, 1.165) is 16.7 Å². The van der Waals surface area contributed by atoms with E-state index in [0.29, 0.717) is 27.1 Å². The number of nitrogens with zero attached hydrogens (tertiary/aromatic N) is 1. The summed E-state index contributed by atoms with van der Waals surface area (Å²) in [7, 11) is 1.48. The molecule has 1 aliphatic rings. The maximum atomic E-state index is 13.8. The van der Waals surface area contributed by atoms with E-state index in [4.69, 9.17) is 15.9 Å². The number of methoxy groups -OCH3 is 1. The molecule has 2 amide bonds. The molecule has 0 aromatic heterocycles. The average molecular weight is 476 g/mol. The van der Waals surface area contributed by atoms with Crippen molar-refractivity contribution >= 4 is 44.9 Å². The molecule has 0 N–H and O–H groups in total. The van der Waals surface area contributed by atoms with Crippen LogP contribution in [0.1, 0.15) is 11.1 Å². The van der Waals surface area contributed by atoms with Crippen molar-refractivity contribution in [2.24, 2.45) is 0 Å². The van der Waals surface area contributed by atoms with Gasteiger partial charge in [0, 0.05) is 10.0 Å². The number of ether oxygens (including phenoxy) is 2. The van der Waals surface area contributed by atoms with Crippen LogP contribution in [0, 0.1) is 18.2 Å². The van der Waals surface area contributed by atoms with E-state index < -0.39 is 11.1 Å². The van der Waals surface area contributed by atoms with E-state index in [-0.39, 0.29) is 23.9 Å². The molecule has 2 aromatic rings. The van der Waals surface area contributed by atoms with Crippen LogP contribution in [0.2, 0.25) is 0 Å². The van der Waals surface area contributed by atoms with E-state index in [2.05, 4.69) is 21.9 Å². The third kappa shape index (κ3) is 4.63. The molecule has 0 spiro atoms. The lowest BCUT2D eigenvalue weighted by Crippen LogP contribution is -2.28. The average Bonchev–Trinajstić information content (AvgIpc) is 2.96. The number of thioether (sulfide) groups is 1. The van der Waals surface area contributed by atoms with Gasteiger partial charge in [0.25, 0.3) is 11.1 Å². The number of benzene rings is 2. The van der Waals surface area contributed by atoms with E-state index in [1.54, 1.807) is 36.4 Å². The molecule has 0 bridgehead atoms. The summed E-state index contributed by atoms with van der Waals surface area (Å²) in [6.45, 7) is -0.0465. The third-order valence-electron chi connectivity index (χ3n) is 4.03. The minimum Gasteiger partial charge on any atom is -0.493 e. The first-order chi connectivity index (χ1) is 13.9. The van der Waals surface area contributed by atoms with Crippen molar-refractivity contribution in [3.05, 3.63) is 62.7 Å². The van der Waals surface area contributed by atoms with Crippen LogP contribution in [0.25, 0.3) is 6.08 Å². The van der Waals surface area contributed by atoms with Gasteiger partial charge in [0.05, 0.1) is 18.6 Å². The predicted molar refractivity (Wildman–Crippen MR) is 113 cm³/mol. The molecule has 2 aromatic carbocycles. The first kappa shape index (κ1) is 21.0. The summed E-state index contributed by atoms with van der Waals surface area (Å²) < 4.78 is 25.5. The minimum atomic E-state index is -0.441. The highest BCUT2D eigenvalue weighted by atomic mass is 79.9. The molecule has 3 rings (SSSR count). The Morgan fingerprint density at radius 2 is 2.03 bits per heavy atom. The van der Waals surface area contributed by atoms with Gasteiger partial charge in [-0.25, -0.2) is 4.39 Å². The molecule has 148 valence electrons. The molecule has 0 aliphatic carbocycles. The second-order valence-electron chi connectivity index (χ2n) is 5.88. The molecule has 0 atom stereocenters. The third-order valence-corrected chi connectivity index (χ3v) is 5.63. The second kappa shape index (κ2) is 9.16. The summed E-state index contributed by atoms with van der Waals surface area (Å²) in [5.41, 5.74) is 1.03. The maximum Gasteiger partial charge on any atom is 0.294 e. The van der Waals surface area contributed by atoms with Crippen molar-refractivity contribution in [2.75, 3.05) is 13.7 Å². The Balaban J connectivity index is 1.85. The molecule has 1 heterocycles. The van der Waals surface area contributed by atoms with Gasteiger partial charge in [0.1, 0.15) is 12.4 Å². The highest BCUT2D eigenvalue weighted by Crippen LogP contribution is 2.38. The molecule has 0 unspecified atom stereocenters. The van der Waals surface area contributed by atoms with Crippen molar-refractivity contribution in [3.8, 4) is 23.8 Å². The molecular weight excluding hydrogens is 461 g/mol. The Hall–Kier alpha value is -2.76. The fourth-order valence-corrected chi connectivity index (χ4v) is 3.84. The molecule has 1 saturated heterocycles. The smallest absolute Gasteiger partial charge is 0.294 e. The SMILES string of the molecule is C#CCN1C(=O)S/C(=C/c2cc(OC)c(OCc3ccccc3F)cc2Br)C1=O. The number of rotatable bonds is 6. The quantitative estimate of drug-likeness (QED) is 0.441. The van der Waals surface area contributed by atoms with Gasteiger partial charge in [0.15, 0.2) is 11.5 Å². The lowest BCUT2D eigenvalue weighted by Gasteiger charge is -2.13. The monoisotopic (exact) mass is 475 g/mol. The highest BCUT2D eigenvalue weighted by Gasteiger charge is 2.34. The first-order valence-corrected chi connectivity index (χ1v) is 9.98. The van der Waals surface area contributed by atoms with Gasteiger partial charge in [-0.2, -0.15) is 0 Å². The molecule has 8 heteroatoms. The topological polar surface area (TPSA) is 55.8 Å². The molecule has 0 saturated carbocycles. The number of carbonyl (C=O) groups excluding carboxylic acids is 2. The van der Waals surface area contributed by atoms with Crippen molar-refractivity contribution in [1.29, 1.82) is 0 Å². The summed E-state index contributed by atoms with van der Waals surface area (Å²) in [6, 6.07) is 9.66. The van der Waals surface area contributed by atoms with Crippen LogP contribution in [-0.4, -0.2) is 29.7 Å². The van der Waals surface area contributed by atoms with Crippen LogP contribution < -0.4 is 9.47 Å². The number of amides is 2. The number of hydrogen-bond acceptors (Lipinski definition) is 5. The number of terminal acetylenes is 1. The zero-order valence-electron chi connectivity index (χ0n) is 15.3. The fourth-order valence-electron chi connectivity index (χ4n) is 2.57. The van der Waals surface area contributed by atoms with Crippen molar-refractivity contribution in [3.63, 3.8) is 0 Å². The molecular formula is C21H15BrFNO4S. The summed E-state index contributed by atoms with van der Waals surface area (Å²) in [6.07, 6.45) is 6.78. The Kier molecular flexibility index (Phi) is 6.62. The summed E-state index contributed by atoms with van der Waals surface area (Å²) in [5.74, 6) is 2.30. The van der Waals surface area contributed by atoms with Crippen LogP contribution in [0.3, 0.4) is 0 Å². The van der Waals surface area contributed by atoms with Gasteiger partial charge >= 0.3 is 0 Å². The second-order valence-corrected chi connectivity index (χ2v) is 7.72. The molecule has 5 nitrogen and oxygen atoms in total. The van der Waals surface area contributed by atoms with Crippen LogP contribution in [0.5, 0.6) is 11.5 Å². The normalized spacial score (nSPS) is 15.0. The number of imide groups is 1. The zero-order chi connectivity index (χ0) is 21.0. The van der Waals surface area contributed by atoms with Gasteiger partial charge in [-0.15, -0.1) is 6.42 Å². The first-order valence-electron chi connectivity index (χ1n) is 8.37. The van der Waals surface area contributed by atoms with Crippen LogP contribution >= 0.6 is 27.7 Å². The van der Waals surface area contributed by atoms with Gasteiger partial charge in [-0.3, -0.25) is 14.5 Å². The molecule has 1 fully saturated rings. The number of halogens is 2. The number of carbonyl (C=O) groups is 2. The maximum absolute atomic E-state index is 13.8. The van der Waals surface area contributed by atoms with Crippen molar-refractivity contribution in [1.82, 2.24) is 4.90 Å². The zero-order valence-corrected chi connectivity index (χ0v) is 17.7. The van der Waals surface area contributed by atoms with Gasteiger partial charge in [-0.05, 0) is 41.6 Å². The van der Waals surface area contributed by atoms with Crippen molar-refractivity contribution in [2.45, 2.75) is 6.61 Å². The van der Waals surface area contributed by atoms with E-state index in [1.807, 2.05) is 0 Å². The standard InChI is InChI=1S/C21H15BrFNO4S/c1-3-8-24-20(25)19(29-21(24)26)10-14-9-17(27-2)18(11-15(14)22)28-12-13-6-4-5-7-16(13)23/h1,4-7,9-11H,8,12H2,2H3/b19-10+. The summed E-state index contributed by atoms with van der Waals surface area (Å²) in [4.78, 5) is 25.5. The lowest BCUT2D eigenvalue weighted by atomic mass is 10.1. The Bertz CT molecular complexity index is 1050. The molecule has 29 heavy (non-hydrogen) atoms. The van der Waals surface area contributed by atoms with Crippen LogP contribution in [0.15, 0.2) is 45.8 Å².